The Balaban J connectivity index is 1.90. The van der Waals surface area contributed by atoms with Crippen LogP contribution < -0.4 is 5.32 Å². The van der Waals surface area contributed by atoms with Gasteiger partial charge in [-0.15, -0.1) is 11.3 Å². The number of nitrogens with zero attached hydrogens (tertiary/aromatic N) is 1. The van der Waals surface area contributed by atoms with Crippen molar-refractivity contribution in [3.8, 4) is 0 Å². The van der Waals surface area contributed by atoms with E-state index in [1.165, 1.54) is 11.3 Å². The molecule has 0 saturated carbocycles. The minimum Gasteiger partial charge on any atom is -0.321 e. The largest absolute Gasteiger partial charge is 0.321 e. The molecule has 2 aromatic carbocycles. The number of carbonyl (C=O) groups excluding carboxylic acids is 1. The van der Waals surface area contributed by atoms with Gasteiger partial charge in [0, 0.05) is 10.2 Å². The molecule has 0 radical (unpaired) electrons. The molecule has 0 spiro atoms. The van der Waals surface area contributed by atoms with Gasteiger partial charge in [0.15, 0.2) is 0 Å². The van der Waals surface area contributed by atoms with E-state index in [1.807, 2.05) is 43.3 Å². The fourth-order valence-electron chi connectivity index (χ4n) is 2.00. The van der Waals surface area contributed by atoms with Gasteiger partial charge >= 0.3 is 0 Å². The first-order chi connectivity index (χ1) is 9.63. The molecule has 3 aromatic rings. The van der Waals surface area contributed by atoms with Crippen molar-refractivity contribution >= 4 is 49.6 Å². The molecular formula is C15H11BrN2OS. The minimum absolute atomic E-state index is 0.110. The number of rotatable bonds is 2. The molecule has 1 N–H and O–H groups in total. The van der Waals surface area contributed by atoms with Gasteiger partial charge in [0.2, 0.25) is 0 Å². The first-order valence-corrected chi connectivity index (χ1v) is 7.71. The predicted molar refractivity (Wildman–Crippen MR) is 86.5 cm³/mol. The first-order valence-electron chi connectivity index (χ1n) is 6.04. The highest BCUT2D eigenvalue weighted by molar-refractivity contribution is 9.10. The van der Waals surface area contributed by atoms with Gasteiger partial charge < -0.3 is 5.32 Å². The SMILES string of the molecule is Cc1ncsc1C(=O)Nc1ccc2cc(Br)ccc2c1. The Kier molecular flexibility index (Phi) is 3.54. The summed E-state index contributed by atoms with van der Waals surface area (Å²) >= 11 is 4.80. The van der Waals surface area contributed by atoms with Crippen molar-refractivity contribution in [2.45, 2.75) is 6.92 Å². The minimum atomic E-state index is -0.110. The topological polar surface area (TPSA) is 42.0 Å². The van der Waals surface area contributed by atoms with Crippen molar-refractivity contribution in [2.24, 2.45) is 0 Å². The quantitative estimate of drug-likeness (QED) is 0.735. The van der Waals surface area contributed by atoms with E-state index in [0.29, 0.717) is 4.88 Å². The van der Waals surface area contributed by atoms with E-state index in [-0.39, 0.29) is 5.91 Å². The van der Waals surface area contributed by atoms with E-state index in [2.05, 4.69) is 26.2 Å². The van der Waals surface area contributed by atoms with Crippen LogP contribution in [0.1, 0.15) is 15.4 Å². The molecule has 1 amide bonds. The lowest BCUT2D eigenvalue weighted by Crippen LogP contribution is -2.11. The Bertz CT molecular complexity index is 797. The third-order valence-electron chi connectivity index (χ3n) is 3.01. The van der Waals surface area contributed by atoms with Crippen molar-refractivity contribution in [3.05, 3.63) is 57.0 Å². The van der Waals surface area contributed by atoms with E-state index in [4.69, 9.17) is 0 Å². The molecule has 3 rings (SSSR count). The molecule has 0 saturated heterocycles. The lowest BCUT2D eigenvalue weighted by molar-refractivity contribution is 0.103. The Morgan fingerprint density at radius 1 is 1.20 bits per heavy atom. The number of carbonyl (C=O) groups is 1. The van der Waals surface area contributed by atoms with Crippen LogP contribution in [0.25, 0.3) is 10.8 Å². The molecule has 0 aliphatic rings. The van der Waals surface area contributed by atoms with Crippen molar-refractivity contribution in [1.82, 2.24) is 4.98 Å². The summed E-state index contributed by atoms with van der Waals surface area (Å²) in [5.74, 6) is -0.110. The summed E-state index contributed by atoms with van der Waals surface area (Å²) in [5, 5.41) is 5.13. The van der Waals surface area contributed by atoms with Crippen LogP contribution in [0.5, 0.6) is 0 Å². The molecule has 20 heavy (non-hydrogen) atoms. The van der Waals surface area contributed by atoms with Gasteiger partial charge in [0.1, 0.15) is 4.88 Å². The van der Waals surface area contributed by atoms with E-state index in [0.717, 1.165) is 26.6 Å². The van der Waals surface area contributed by atoms with Gasteiger partial charge in [-0.2, -0.15) is 0 Å². The van der Waals surface area contributed by atoms with Gasteiger partial charge in [-0.05, 0) is 42.0 Å². The van der Waals surface area contributed by atoms with Gasteiger partial charge in [0.25, 0.3) is 5.91 Å². The fraction of sp³-hybridized carbons (Fsp3) is 0.0667. The number of nitrogens with one attached hydrogen (secondary N) is 1. The molecule has 1 heterocycles. The van der Waals surface area contributed by atoms with Crippen molar-refractivity contribution in [2.75, 3.05) is 5.32 Å². The second kappa shape index (κ2) is 5.34. The van der Waals surface area contributed by atoms with Crippen molar-refractivity contribution in [1.29, 1.82) is 0 Å². The smallest absolute Gasteiger partial charge is 0.267 e. The number of aromatic nitrogens is 1. The maximum atomic E-state index is 12.1. The first kappa shape index (κ1) is 13.3. The lowest BCUT2D eigenvalue weighted by atomic mass is 10.1. The number of fused-ring (bicyclic) bond motifs is 1. The van der Waals surface area contributed by atoms with E-state index < -0.39 is 0 Å². The Morgan fingerprint density at radius 3 is 2.70 bits per heavy atom. The van der Waals surface area contributed by atoms with Crippen LogP contribution in [0, 0.1) is 6.92 Å². The van der Waals surface area contributed by atoms with Crippen molar-refractivity contribution in [3.63, 3.8) is 0 Å². The van der Waals surface area contributed by atoms with Crippen LogP contribution in [-0.4, -0.2) is 10.9 Å². The van der Waals surface area contributed by atoms with Gasteiger partial charge in [-0.3, -0.25) is 4.79 Å². The van der Waals surface area contributed by atoms with Crippen LogP contribution in [-0.2, 0) is 0 Å². The Labute approximate surface area is 128 Å². The number of aryl methyl sites for hydroxylation is 1. The maximum Gasteiger partial charge on any atom is 0.267 e. The summed E-state index contributed by atoms with van der Waals surface area (Å²) in [6, 6.07) is 11.9. The standard InChI is InChI=1S/C15H11BrN2OS/c1-9-14(20-8-17-9)15(19)18-13-5-3-10-6-12(16)4-2-11(10)7-13/h2-8H,1H3,(H,18,19). The number of thiazole rings is 1. The lowest BCUT2D eigenvalue weighted by Gasteiger charge is -2.06. The number of amides is 1. The van der Waals surface area contributed by atoms with Crippen LogP contribution in [0.15, 0.2) is 46.4 Å². The van der Waals surface area contributed by atoms with E-state index >= 15 is 0 Å². The highest BCUT2D eigenvalue weighted by Gasteiger charge is 2.11. The molecule has 0 aliphatic heterocycles. The summed E-state index contributed by atoms with van der Waals surface area (Å²) in [6.45, 7) is 1.84. The number of benzene rings is 2. The molecule has 1 aromatic heterocycles. The van der Waals surface area contributed by atoms with E-state index in [9.17, 15) is 4.79 Å². The van der Waals surface area contributed by atoms with Crippen molar-refractivity contribution < 1.29 is 4.79 Å². The molecule has 3 nitrogen and oxygen atoms in total. The van der Waals surface area contributed by atoms with Crippen LogP contribution in [0.4, 0.5) is 5.69 Å². The summed E-state index contributed by atoms with van der Waals surface area (Å²) in [4.78, 5) is 16.9. The average Bonchev–Trinajstić information content (AvgIpc) is 2.85. The third-order valence-corrected chi connectivity index (χ3v) is 4.43. The molecule has 0 atom stereocenters. The molecule has 0 fully saturated rings. The second-order valence-electron chi connectivity index (χ2n) is 4.43. The van der Waals surface area contributed by atoms with Crippen LogP contribution in [0.2, 0.25) is 0 Å². The summed E-state index contributed by atoms with van der Waals surface area (Å²) in [6.07, 6.45) is 0. The number of anilines is 1. The van der Waals surface area contributed by atoms with E-state index in [1.54, 1.807) is 5.51 Å². The third kappa shape index (κ3) is 2.59. The zero-order chi connectivity index (χ0) is 14.1. The second-order valence-corrected chi connectivity index (χ2v) is 6.20. The fourth-order valence-corrected chi connectivity index (χ4v) is 3.08. The molecule has 100 valence electrons. The van der Waals surface area contributed by atoms with Crippen LogP contribution >= 0.6 is 27.3 Å². The highest BCUT2D eigenvalue weighted by Crippen LogP contribution is 2.23. The molecule has 0 unspecified atom stereocenters. The number of halogens is 1. The maximum absolute atomic E-state index is 12.1. The zero-order valence-corrected chi connectivity index (χ0v) is 13.1. The summed E-state index contributed by atoms with van der Waals surface area (Å²) in [5.41, 5.74) is 3.23. The van der Waals surface area contributed by atoms with Crippen LogP contribution in [0.3, 0.4) is 0 Å². The number of hydrogen-bond donors (Lipinski definition) is 1. The molecule has 5 heteroatoms. The summed E-state index contributed by atoms with van der Waals surface area (Å²) < 4.78 is 1.04. The zero-order valence-electron chi connectivity index (χ0n) is 10.7. The summed E-state index contributed by atoms with van der Waals surface area (Å²) in [7, 11) is 0. The Morgan fingerprint density at radius 2 is 1.95 bits per heavy atom. The van der Waals surface area contributed by atoms with Gasteiger partial charge in [-0.25, -0.2) is 4.98 Å². The van der Waals surface area contributed by atoms with Gasteiger partial charge in [0.05, 0.1) is 11.2 Å². The number of hydrogen-bond acceptors (Lipinski definition) is 3. The van der Waals surface area contributed by atoms with Gasteiger partial charge in [-0.1, -0.05) is 28.1 Å². The Hall–Kier alpha value is -1.72. The normalized spacial score (nSPS) is 10.7. The molecule has 0 aliphatic carbocycles. The highest BCUT2D eigenvalue weighted by atomic mass is 79.9. The predicted octanol–water partition coefficient (Wildman–Crippen LogP) is 4.62. The monoisotopic (exact) mass is 346 g/mol. The molecular weight excluding hydrogens is 336 g/mol. The average molecular weight is 347 g/mol. The molecule has 0 bridgehead atoms.